The molecule has 0 aromatic heterocycles. The summed E-state index contributed by atoms with van der Waals surface area (Å²) in [4.78, 5) is 2.84. The van der Waals surface area contributed by atoms with Crippen LogP contribution in [0.4, 0.5) is 8.78 Å². The van der Waals surface area contributed by atoms with Crippen LogP contribution in [0.3, 0.4) is 0 Å². The highest BCUT2D eigenvalue weighted by molar-refractivity contribution is 7.91. The summed E-state index contributed by atoms with van der Waals surface area (Å²) >= 11 is 0. The molecule has 2 aliphatic rings. The van der Waals surface area contributed by atoms with E-state index in [4.69, 9.17) is 0 Å². The molecule has 0 bridgehead atoms. The minimum absolute atomic E-state index is 0.171. The Morgan fingerprint density at radius 2 is 1.55 bits per heavy atom. The molecular formula is C23H27F2NO2S. The smallest absolute Gasteiger partial charge is 0.178 e. The number of benzene rings is 2. The van der Waals surface area contributed by atoms with Crippen molar-refractivity contribution in [2.45, 2.75) is 49.5 Å². The Morgan fingerprint density at radius 3 is 2.17 bits per heavy atom. The largest absolute Gasteiger partial charge is 0.300 e. The average Bonchev–Trinajstić information content (AvgIpc) is 3.23. The molecule has 1 heterocycles. The van der Waals surface area contributed by atoms with Gasteiger partial charge in [0.15, 0.2) is 9.84 Å². The van der Waals surface area contributed by atoms with E-state index in [1.807, 2.05) is 0 Å². The maximum Gasteiger partial charge on any atom is 0.178 e. The lowest BCUT2D eigenvalue weighted by molar-refractivity contribution is 0.170. The van der Waals surface area contributed by atoms with Crippen LogP contribution in [-0.4, -0.2) is 38.2 Å². The van der Waals surface area contributed by atoms with Crippen LogP contribution in [0.5, 0.6) is 0 Å². The first kappa shape index (κ1) is 20.5. The van der Waals surface area contributed by atoms with Crippen molar-refractivity contribution in [2.24, 2.45) is 5.92 Å². The molecule has 4 rings (SSSR count). The molecule has 2 aromatic rings. The summed E-state index contributed by atoms with van der Waals surface area (Å²) in [6.07, 6.45) is 6.66. The second-order valence-electron chi connectivity index (χ2n) is 8.35. The van der Waals surface area contributed by atoms with Crippen molar-refractivity contribution in [3.05, 3.63) is 54.1 Å². The summed E-state index contributed by atoms with van der Waals surface area (Å²) in [6.45, 7) is 2.38. The summed E-state index contributed by atoms with van der Waals surface area (Å²) < 4.78 is 52.8. The van der Waals surface area contributed by atoms with Crippen molar-refractivity contribution < 1.29 is 17.2 Å². The lowest BCUT2D eigenvalue weighted by Crippen LogP contribution is -2.37. The van der Waals surface area contributed by atoms with Crippen LogP contribution in [0.2, 0.25) is 0 Å². The van der Waals surface area contributed by atoms with Crippen LogP contribution in [0.1, 0.15) is 38.5 Å². The third-order valence-electron chi connectivity index (χ3n) is 6.38. The zero-order valence-corrected chi connectivity index (χ0v) is 17.3. The van der Waals surface area contributed by atoms with E-state index in [9.17, 15) is 17.2 Å². The first-order chi connectivity index (χ1) is 13.9. The maximum absolute atomic E-state index is 14.0. The summed E-state index contributed by atoms with van der Waals surface area (Å²) in [5.74, 6) is -0.919. The van der Waals surface area contributed by atoms with Crippen molar-refractivity contribution in [3.8, 4) is 11.1 Å². The van der Waals surface area contributed by atoms with Gasteiger partial charge in [-0.2, -0.15) is 0 Å². The second-order valence-corrected chi connectivity index (χ2v) is 10.4. The predicted molar refractivity (Wildman–Crippen MR) is 110 cm³/mol. The lowest BCUT2D eigenvalue weighted by Gasteiger charge is -2.34. The molecule has 2 aromatic carbocycles. The number of nitrogens with zero attached hydrogens (tertiary/aromatic N) is 1. The number of hydrogen-bond donors (Lipinski definition) is 0. The normalized spacial score (nSPS) is 23.4. The van der Waals surface area contributed by atoms with Gasteiger partial charge in [0.2, 0.25) is 0 Å². The van der Waals surface area contributed by atoms with E-state index in [1.165, 1.54) is 50.2 Å². The highest BCUT2D eigenvalue weighted by atomic mass is 32.2. The zero-order chi connectivity index (χ0) is 20.4. The third kappa shape index (κ3) is 4.69. The zero-order valence-electron chi connectivity index (χ0n) is 16.5. The number of halogens is 2. The van der Waals surface area contributed by atoms with Gasteiger partial charge in [0.1, 0.15) is 11.6 Å². The molecule has 0 atom stereocenters. The average molecular weight is 420 g/mol. The Morgan fingerprint density at radius 1 is 0.897 bits per heavy atom. The van der Waals surface area contributed by atoms with Gasteiger partial charge in [0.05, 0.1) is 10.6 Å². The van der Waals surface area contributed by atoms with Gasteiger partial charge in [-0.3, -0.25) is 0 Å². The lowest BCUT2D eigenvalue weighted by atomic mass is 9.86. The molecule has 1 saturated heterocycles. The standard InChI is InChI=1S/C23H27F2NO2S/c24-19-7-12-22(23(25)15-19)18-5-10-21(11-6-18)29(27,28)16-17-3-8-20(9-4-17)26-13-1-2-14-26/h5-7,10-12,15,17,20H,1-4,8-9,13-14,16H2. The van der Waals surface area contributed by atoms with Crippen molar-refractivity contribution in [1.29, 1.82) is 0 Å². The van der Waals surface area contributed by atoms with Crippen LogP contribution in [0.15, 0.2) is 47.4 Å². The molecule has 0 amide bonds. The molecule has 6 heteroatoms. The first-order valence-electron chi connectivity index (χ1n) is 10.4. The van der Waals surface area contributed by atoms with Gasteiger partial charge < -0.3 is 4.90 Å². The van der Waals surface area contributed by atoms with Crippen LogP contribution < -0.4 is 0 Å². The van der Waals surface area contributed by atoms with E-state index < -0.39 is 21.5 Å². The van der Waals surface area contributed by atoms with Crippen molar-refractivity contribution in [1.82, 2.24) is 4.90 Å². The fourth-order valence-corrected chi connectivity index (χ4v) is 6.45. The second kappa shape index (κ2) is 8.52. The molecule has 1 aliphatic heterocycles. The van der Waals surface area contributed by atoms with Crippen LogP contribution in [0, 0.1) is 17.6 Å². The summed E-state index contributed by atoms with van der Waals surface area (Å²) in [5, 5.41) is 0. The SMILES string of the molecule is O=S(=O)(CC1CCC(N2CCCC2)CC1)c1ccc(-c2ccc(F)cc2F)cc1. The third-order valence-corrected chi connectivity index (χ3v) is 8.28. The van der Waals surface area contributed by atoms with Crippen LogP contribution in [-0.2, 0) is 9.84 Å². The van der Waals surface area contributed by atoms with E-state index in [0.717, 1.165) is 31.7 Å². The Hall–Kier alpha value is -1.79. The Balaban J connectivity index is 1.40. The van der Waals surface area contributed by atoms with E-state index >= 15 is 0 Å². The fraction of sp³-hybridized carbons (Fsp3) is 0.478. The predicted octanol–water partition coefficient (Wildman–Crippen LogP) is 5.06. The number of rotatable bonds is 5. The molecule has 0 radical (unpaired) electrons. The topological polar surface area (TPSA) is 37.4 Å². The Bertz CT molecular complexity index is 945. The number of sulfone groups is 1. The van der Waals surface area contributed by atoms with Crippen molar-refractivity contribution >= 4 is 9.84 Å². The van der Waals surface area contributed by atoms with Crippen LogP contribution in [0.25, 0.3) is 11.1 Å². The van der Waals surface area contributed by atoms with E-state index in [1.54, 1.807) is 12.1 Å². The van der Waals surface area contributed by atoms with E-state index in [2.05, 4.69) is 4.90 Å². The van der Waals surface area contributed by atoms with Gasteiger partial charge in [-0.25, -0.2) is 17.2 Å². The maximum atomic E-state index is 14.0. The molecule has 3 nitrogen and oxygen atoms in total. The molecule has 0 spiro atoms. The number of likely N-dealkylation sites (tertiary alicyclic amines) is 1. The molecule has 0 N–H and O–H groups in total. The minimum atomic E-state index is -3.38. The highest BCUT2D eigenvalue weighted by Gasteiger charge is 2.30. The Kier molecular flexibility index (Phi) is 6.02. The van der Waals surface area contributed by atoms with Crippen molar-refractivity contribution in [2.75, 3.05) is 18.8 Å². The molecule has 156 valence electrons. The summed E-state index contributed by atoms with van der Waals surface area (Å²) in [5.41, 5.74) is 0.795. The number of hydrogen-bond acceptors (Lipinski definition) is 3. The van der Waals surface area contributed by atoms with Gasteiger partial charge in [0.25, 0.3) is 0 Å². The van der Waals surface area contributed by atoms with Gasteiger partial charge in [-0.1, -0.05) is 12.1 Å². The van der Waals surface area contributed by atoms with E-state index in [0.29, 0.717) is 11.6 Å². The molecular weight excluding hydrogens is 392 g/mol. The van der Waals surface area contributed by atoms with Gasteiger partial charge in [0, 0.05) is 17.7 Å². The minimum Gasteiger partial charge on any atom is -0.300 e. The Labute approximate surface area is 171 Å². The monoisotopic (exact) mass is 419 g/mol. The summed E-state index contributed by atoms with van der Waals surface area (Å²) in [6, 6.07) is 10.3. The first-order valence-corrected chi connectivity index (χ1v) is 12.1. The quantitative estimate of drug-likeness (QED) is 0.680. The molecule has 1 saturated carbocycles. The van der Waals surface area contributed by atoms with E-state index in [-0.39, 0.29) is 22.1 Å². The highest BCUT2D eigenvalue weighted by Crippen LogP contribution is 2.32. The van der Waals surface area contributed by atoms with Gasteiger partial charge in [-0.05, 0) is 87.4 Å². The molecule has 0 unspecified atom stereocenters. The molecule has 29 heavy (non-hydrogen) atoms. The van der Waals surface area contributed by atoms with Gasteiger partial charge in [-0.15, -0.1) is 0 Å². The molecule has 1 aliphatic carbocycles. The van der Waals surface area contributed by atoms with Crippen molar-refractivity contribution in [3.63, 3.8) is 0 Å². The fourth-order valence-electron chi connectivity index (χ4n) is 4.76. The molecule has 2 fully saturated rings. The summed E-state index contributed by atoms with van der Waals surface area (Å²) in [7, 11) is -3.38. The van der Waals surface area contributed by atoms with Gasteiger partial charge >= 0.3 is 0 Å². The van der Waals surface area contributed by atoms with Crippen LogP contribution >= 0.6 is 0 Å².